The van der Waals surface area contributed by atoms with Crippen molar-refractivity contribution in [1.29, 1.82) is 0 Å². The fraction of sp³-hybridized carbons (Fsp3) is 0.833. The molecule has 13 heavy (non-hydrogen) atoms. The van der Waals surface area contributed by atoms with Crippen LogP contribution in [-0.2, 0) is 0 Å². The maximum Gasteiger partial charge on any atom is 0.0854 e. The van der Waals surface area contributed by atoms with Crippen LogP contribution in [0.5, 0.6) is 0 Å². The molecule has 0 aromatic heterocycles. The predicted molar refractivity (Wildman–Crippen MR) is 56.6 cm³/mol. The molecule has 0 radical (unpaired) electrons. The Morgan fingerprint density at radius 1 is 1.54 bits per heavy atom. The van der Waals surface area contributed by atoms with E-state index in [4.69, 9.17) is 0 Å². The second-order valence-electron chi connectivity index (χ2n) is 4.91. The van der Waals surface area contributed by atoms with Gasteiger partial charge < -0.3 is 5.11 Å². The van der Waals surface area contributed by atoms with E-state index in [0.29, 0.717) is 11.8 Å². The second-order valence-corrected chi connectivity index (χ2v) is 4.91. The van der Waals surface area contributed by atoms with E-state index in [1.54, 1.807) is 0 Å². The Balaban J connectivity index is 2.65. The quantitative estimate of drug-likeness (QED) is 0.650. The van der Waals surface area contributed by atoms with Crippen LogP contribution in [0, 0.1) is 11.8 Å². The molecule has 0 saturated heterocycles. The van der Waals surface area contributed by atoms with Gasteiger partial charge in [0.05, 0.1) is 5.60 Å². The molecule has 1 rings (SSSR count). The number of hydrogen-bond acceptors (Lipinski definition) is 1. The summed E-state index contributed by atoms with van der Waals surface area (Å²) in [5, 5.41) is 10.3. The summed E-state index contributed by atoms with van der Waals surface area (Å²) in [6.07, 6.45) is 4.24. The molecule has 1 nitrogen and oxygen atoms in total. The van der Waals surface area contributed by atoms with Crippen molar-refractivity contribution in [3.63, 3.8) is 0 Å². The largest absolute Gasteiger partial charge is 0.386 e. The number of rotatable bonds is 2. The minimum Gasteiger partial charge on any atom is -0.386 e. The van der Waals surface area contributed by atoms with Crippen LogP contribution in [-0.4, -0.2) is 10.7 Å². The zero-order valence-corrected chi connectivity index (χ0v) is 9.14. The monoisotopic (exact) mass is 182 g/mol. The smallest absolute Gasteiger partial charge is 0.0854 e. The first-order chi connectivity index (χ1) is 5.96. The highest BCUT2D eigenvalue weighted by atomic mass is 16.3. The lowest BCUT2D eigenvalue weighted by molar-refractivity contribution is 0.00770. The van der Waals surface area contributed by atoms with Gasteiger partial charge in [0.25, 0.3) is 0 Å². The molecule has 0 aromatic carbocycles. The fourth-order valence-electron chi connectivity index (χ4n) is 2.25. The molecule has 76 valence electrons. The first-order valence-corrected chi connectivity index (χ1v) is 5.34. The van der Waals surface area contributed by atoms with Crippen molar-refractivity contribution in [3.8, 4) is 0 Å². The third-order valence-electron chi connectivity index (χ3n) is 3.50. The van der Waals surface area contributed by atoms with E-state index in [-0.39, 0.29) is 0 Å². The van der Waals surface area contributed by atoms with E-state index in [1.807, 2.05) is 6.92 Å². The van der Waals surface area contributed by atoms with Gasteiger partial charge in [-0.1, -0.05) is 20.4 Å². The van der Waals surface area contributed by atoms with Crippen molar-refractivity contribution in [3.05, 3.63) is 12.2 Å². The van der Waals surface area contributed by atoms with Crippen LogP contribution >= 0.6 is 0 Å². The van der Waals surface area contributed by atoms with Gasteiger partial charge >= 0.3 is 0 Å². The number of aliphatic hydroxyl groups is 1. The molecule has 0 heterocycles. The molecule has 2 unspecified atom stereocenters. The van der Waals surface area contributed by atoms with E-state index in [0.717, 1.165) is 24.8 Å². The Hall–Kier alpha value is -0.300. The molecule has 1 heteroatoms. The Kier molecular flexibility index (Phi) is 3.18. The zero-order valence-electron chi connectivity index (χ0n) is 9.14. The van der Waals surface area contributed by atoms with Gasteiger partial charge in [-0.15, -0.1) is 0 Å². The van der Waals surface area contributed by atoms with Gasteiger partial charge in [0.2, 0.25) is 0 Å². The third kappa shape index (κ3) is 2.34. The highest BCUT2D eigenvalue weighted by Gasteiger charge is 2.35. The molecular formula is C12H22O. The summed E-state index contributed by atoms with van der Waals surface area (Å²) in [7, 11) is 0. The van der Waals surface area contributed by atoms with Crippen LogP contribution in [0.15, 0.2) is 12.2 Å². The molecule has 0 aromatic rings. The van der Waals surface area contributed by atoms with Gasteiger partial charge in [-0.2, -0.15) is 0 Å². The van der Waals surface area contributed by atoms with Gasteiger partial charge in [0.15, 0.2) is 0 Å². The van der Waals surface area contributed by atoms with Gasteiger partial charge in [-0.05, 0) is 50.0 Å². The van der Waals surface area contributed by atoms with Gasteiger partial charge in [0, 0.05) is 0 Å². The Morgan fingerprint density at radius 2 is 2.15 bits per heavy atom. The normalized spacial score (nSPS) is 35.0. The van der Waals surface area contributed by atoms with Crippen molar-refractivity contribution < 1.29 is 5.11 Å². The fourth-order valence-corrected chi connectivity index (χ4v) is 2.25. The lowest BCUT2D eigenvalue weighted by Crippen LogP contribution is -2.37. The first kappa shape index (κ1) is 10.8. The summed E-state index contributed by atoms with van der Waals surface area (Å²) in [6, 6.07) is 0. The molecule has 0 amide bonds. The minimum absolute atomic E-state index is 0.562. The van der Waals surface area contributed by atoms with E-state index >= 15 is 0 Å². The summed E-state index contributed by atoms with van der Waals surface area (Å²) in [6.45, 7) is 10.3. The summed E-state index contributed by atoms with van der Waals surface area (Å²) in [4.78, 5) is 0. The van der Waals surface area contributed by atoms with Crippen molar-refractivity contribution >= 4 is 0 Å². The van der Waals surface area contributed by atoms with E-state index in [1.165, 1.54) is 6.42 Å². The summed E-state index contributed by atoms with van der Waals surface area (Å²) < 4.78 is 0. The topological polar surface area (TPSA) is 20.2 Å². The standard InChI is InChI=1S/C12H22O/c1-9(2)11-6-5-7-12(13,8-11)10(3)4/h9,11,13H,3,5-8H2,1-2,4H3. The SMILES string of the molecule is C=C(C)C1(O)CCCC(C(C)C)C1. The van der Waals surface area contributed by atoms with Crippen molar-refractivity contribution in [2.24, 2.45) is 11.8 Å². The Morgan fingerprint density at radius 3 is 2.62 bits per heavy atom. The highest BCUT2D eigenvalue weighted by Crippen LogP contribution is 2.39. The summed E-state index contributed by atoms with van der Waals surface area (Å²) in [5.41, 5.74) is 0.380. The molecule has 0 aliphatic heterocycles. The first-order valence-electron chi connectivity index (χ1n) is 5.34. The molecule has 1 fully saturated rings. The summed E-state index contributed by atoms with van der Waals surface area (Å²) >= 11 is 0. The molecule has 0 spiro atoms. The van der Waals surface area contributed by atoms with Gasteiger partial charge in [-0.3, -0.25) is 0 Å². The van der Waals surface area contributed by atoms with Gasteiger partial charge in [0.1, 0.15) is 0 Å². The molecule has 1 aliphatic rings. The van der Waals surface area contributed by atoms with Crippen molar-refractivity contribution in [2.75, 3.05) is 0 Å². The number of hydrogen-bond donors (Lipinski definition) is 1. The molecule has 0 bridgehead atoms. The van der Waals surface area contributed by atoms with Gasteiger partial charge in [-0.25, -0.2) is 0 Å². The van der Waals surface area contributed by atoms with Crippen LogP contribution in [0.3, 0.4) is 0 Å². The zero-order chi connectivity index (χ0) is 10.1. The molecule has 1 saturated carbocycles. The Bertz CT molecular complexity index is 195. The lowest BCUT2D eigenvalue weighted by Gasteiger charge is -2.39. The molecule has 2 atom stereocenters. The predicted octanol–water partition coefficient (Wildman–Crippen LogP) is 3.14. The Labute approximate surface area is 81.9 Å². The highest BCUT2D eigenvalue weighted by molar-refractivity contribution is 5.11. The maximum absolute atomic E-state index is 10.3. The maximum atomic E-state index is 10.3. The van der Waals surface area contributed by atoms with Crippen molar-refractivity contribution in [1.82, 2.24) is 0 Å². The minimum atomic E-state index is -0.562. The van der Waals surface area contributed by atoms with Crippen molar-refractivity contribution in [2.45, 2.75) is 52.1 Å². The van der Waals surface area contributed by atoms with Crippen LogP contribution in [0.4, 0.5) is 0 Å². The molecular weight excluding hydrogens is 160 g/mol. The average Bonchev–Trinajstić information content (AvgIpc) is 2.04. The van der Waals surface area contributed by atoms with Crippen LogP contribution in [0.25, 0.3) is 0 Å². The van der Waals surface area contributed by atoms with Crippen LogP contribution in [0.1, 0.15) is 46.5 Å². The lowest BCUT2D eigenvalue weighted by atomic mass is 9.71. The molecule has 1 N–H and O–H groups in total. The average molecular weight is 182 g/mol. The molecule has 1 aliphatic carbocycles. The summed E-state index contributed by atoms with van der Waals surface area (Å²) in [5.74, 6) is 1.36. The van der Waals surface area contributed by atoms with Crippen LogP contribution < -0.4 is 0 Å². The second kappa shape index (κ2) is 3.83. The van der Waals surface area contributed by atoms with E-state index in [2.05, 4.69) is 20.4 Å². The van der Waals surface area contributed by atoms with E-state index in [9.17, 15) is 5.11 Å². The van der Waals surface area contributed by atoms with E-state index < -0.39 is 5.60 Å². The third-order valence-corrected chi connectivity index (χ3v) is 3.50. The van der Waals surface area contributed by atoms with Crippen LogP contribution in [0.2, 0.25) is 0 Å².